The molecule has 21 heavy (non-hydrogen) atoms. The molecular weight excluding hydrogens is 258 g/mol. The van der Waals surface area contributed by atoms with Crippen molar-refractivity contribution in [1.29, 1.82) is 0 Å². The lowest BCUT2D eigenvalue weighted by Gasteiger charge is -2.72. The zero-order valence-corrected chi connectivity index (χ0v) is 16.6. The normalized spacial score (nSPS) is 27.0. The highest BCUT2D eigenvalue weighted by Gasteiger charge is 2.59. The second-order valence-corrected chi connectivity index (χ2v) is 8.87. The molecule has 1 saturated heterocycles. The maximum absolute atomic E-state index is 2.67. The predicted molar refractivity (Wildman–Crippen MR) is 93.2 cm³/mol. The molecule has 0 N–H and O–H groups in total. The molecule has 0 spiro atoms. The number of rotatable bonds is 3. The van der Waals surface area contributed by atoms with Gasteiger partial charge in [-0.1, -0.05) is 0 Å². The van der Waals surface area contributed by atoms with Crippen LogP contribution in [0, 0.1) is 0 Å². The molecule has 0 saturated carbocycles. The van der Waals surface area contributed by atoms with Gasteiger partial charge < -0.3 is 0 Å². The summed E-state index contributed by atoms with van der Waals surface area (Å²) in [6, 6.07) is 1.48. The molecule has 1 aliphatic rings. The first-order valence-electron chi connectivity index (χ1n) is 8.58. The Balaban J connectivity index is 3.58. The van der Waals surface area contributed by atoms with E-state index in [0.29, 0.717) is 18.1 Å². The summed E-state index contributed by atoms with van der Waals surface area (Å²) in [6.07, 6.45) is 0. The SMILES string of the molecule is CC(C)N1C(C)(C)N(C(C)C)C(C)(C)N(C(C)C)C1(C)C. The maximum atomic E-state index is 2.67. The van der Waals surface area contributed by atoms with Gasteiger partial charge in [0.05, 0.1) is 17.0 Å². The van der Waals surface area contributed by atoms with Gasteiger partial charge in [0.25, 0.3) is 0 Å². The minimum Gasteiger partial charge on any atom is -0.265 e. The minimum absolute atomic E-state index is 0.0146. The van der Waals surface area contributed by atoms with E-state index < -0.39 is 0 Å². The highest BCUT2D eigenvalue weighted by Crippen LogP contribution is 2.47. The number of nitrogens with zero attached hydrogens (tertiary/aromatic N) is 3. The van der Waals surface area contributed by atoms with E-state index in [2.05, 4.69) is 97.8 Å². The molecule has 1 heterocycles. The third kappa shape index (κ3) is 2.77. The first kappa shape index (κ1) is 18.9. The molecular formula is C18H39N3. The van der Waals surface area contributed by atoms with Crippen LogP contribution in [-0.4, -0.2) is 49.8 Å². The molecule has 1 aliphatic heterocycles. The van der Waals surface area contributed by atoms with Gasteiger partial charge in [-0.15, -0.1) is 0 Å². The topological polar surface area (TPSA) is 9.72 Å². The van der Waals surface area contributed by atoms with Crippen LogP contribution in [0.1, 0.15) is 83.1 Å². The second-order valence-electron chi connectivity index (χ2n) is 8.87. The standard InChI is InChI=1S/C18H39N3/c1-13(2)19-16(7,8)20(14(3)4)18(11,12)21(15(5)6)17(19,9)10/h13-15H,1-12H3. The van der Waals surface area contributed by atoms with Crippen molar-refractivity contribution >= 4 is 0 Å². The number of hydrogen-bond donors (Lipinski definition) is 0. The zero-order valence-electron chi connectivity index (χ0n) is 16.6. The Morgan fingerprint density at radius 1 is 0.429 bits per heavy atom. The smallest absolute Gasteiger partial charge is 0.0714 e. The van der Waals surface area contributed by atoms with Gasteiger partial charge in [0.1, 0.15) is 0 Å². The number of hydrogen-bond acceptors (Lipinski definition) is 3. The average Bonchev–Trinajstić information content (AvgIpc) is 2.07. The second kappa shape index (κ2) is 5.50. The maximum Gasteiger partial charge on any atom is 0.0714 e. The van der Waals surface area contributed by atoms with Gasteiger partial charge in [-0.05, 0) is 83.1 Å². The van der Waals surface area contributed by atoms with E-state index in [1.807, 2.05) is 0 Å². The fourth-order valence-corrected chi connectivity index (χ4v) is 6.15. The van der Waals surface area contributed by atoms with Gasteiger partial charge in [0.2, 0.25) is 0 Å². The van der Waals surface area contributed by atoms with Crippen LogP contribution in [0.5, 0.6) is 0 Å². The Bertz CT molecular complexity index is 292. The molecule has 126 valence electrons. The molecule has 0 unspecified atom stereocenters. The highest BCUT2D eigenvalue weighted by atomic mass is 15.6. The van der Waals surface area contributed by atoms with Gasteiger partial charge in [-0.2, -0.15) is 0 Å². The van der Waals surface area contributed by atoms with E-state index >= 15 is 0 Å². The Morgan fingerprint density at radius 2 is 0.571 bits per heavy atom. The lowest BCUT2D eigenvalue weighted by Crippen LogP contribution is -2.85. The van der Waals surface area contributed by atoms with Crippen molar-refractivity contribution < 1.29 is 0 Å². The first-order chi connectivity index (χ1) is 9.20. The fraction of sp³-hybridized carbons (Fsp3) is 1.00. The molecule has 1 fully saturated rings. The Hall–Kier alpha value is -0.120. The van der Waals surface area contributed by atoms with Crippen LogP contribution in [0.25, 0.3) is 0 Å². The molecule has 0 aromatic rings. The van der Waals surface area contributed by atoms with Crippen LogP contribution >= 0.6 is 0 Å². The van der Waals surface area contributed by atoms with Crippen LogP contribution in [0.15, 0.2) is 0 Å². The molecule has 0 radical (unpaired) electrons. The van der Waals surface area contributed by atoms with Crippen LogP contribution in [-0.2, 0) is 0 Å². The minimum atomic E-state index is 0.0146. The first-order valence-corrected chi connectivity index (χ1v) is 8.58. The van der Waals surface area contributed by atoms with Gasteiger partial charge in [-0.3, -0.25) is 14.7 Å². The lowest BCUT2D eigenvalue weighted by molar-refractivity contribution is -0.306. The summed E-state index contributed by atoms with van der Waals surface area (Å²) >= 11 is 0. The molecule has 1 rings (SSSR count). The third-order valence-corrected chi connectivity index (χ3v) is 5.09. The highest BCUT2D eigenvalue weighted by molar-refractivity contribution is 5.08. The summed E-state index contributed by atoms with van der Waals surface area (Å²) in [5.41, 5.74) is 0.0438. The summed E-state index contributed by atoms with van der Waals surface area (Å²) in [6.45, 7) is 28.2. The Morgan fingerprint density at radius 3 is 0.667 bits per heavy atom. The van der Waals surface area contributed by atoms with Crippen molar-refractivity contribution in [2.75, 3.05) is 0 Å². The van der Waals surface area contributed by atoms with E-state index in [-0.39, 0.29) is 17.0 Å². The fourth-order valence-electron chi connectivity index (χ4n) is 6.15. The Kier molecular flexibility index (Phi) is 4.96. The van der Waals surface area contributed by atoms with Crippen LogP contribution < -0.4 is 0 Å². The molecule has 0 bridgehead atoms. The average molecular weight is 298 g/mol. The molecule has 0 aliphatic carbocycles. The van der Waals surface area contributed by atoms with Crippen molar-refractivity contribution in [3.05, 3.63) is 0 Å². The summed E-state index contributed by atoms with van der Waals surface area (Å²) in [5.74, 6) is 0. The lowest BCUT2D eigenvalue weighted by atomic mass is 9.87. The third-order valence-electron chi connectivity index (χ3n) is 5.09. The molecule has 0 aromatic heterocycles. The summed E-state index contributed by atoms with van der Waals surface area (Å²) < 4.78 is 0. The molecule has 0 aromatic carbocycles. The Labute approximate surface area is 133 Å². The van der Waals surface area contributed by atoms with Crippen molar-refractivity contribution in [2.45, 2.75) is 118 Å². The molecule has 0 atom stereocenters. The largest absolute Gasteiger partial charge is 0.265 e. The van der Waals surface area contributed by atoms with E-state index in [9.17, 15) is 0 Å². The van der Waals surface area contributed by atoms with Crippen LogP contribution in [0.3, 0.4) is 0 Å². The van der Waals surface area contributed by atoms with E-state index in [1.165, 1.54) is 0 Å². The van der Waals surface area contributed by atoms with Crippen LogP contribution in [0.2, 0.25) is 0 Å². The molecule has 0 amide bonds. The van der Waals surface area contributed by atoms with Crippen molar-refractivity contribution in [3.8, 4) is 0 Å². The van der Waals surface area contributed by atoms with E-state index in [1.54, 1.807) is 0 Å². The molecule has 3 heteroatoms. The van der Waals surface area contributed by atoms with Gasteiger partial charge in [0, 0.05) is 18.1 Å². The van der Waals surface area contributed by atoms with Gasteiger partial charge in [0.15, 0.2) is 0 Å². The van der Waals surface area contributed by atoms with Crippen molar-refractivity contribution in [1.82, 2.24) is 14.7 Å². The van der Waals surface area contributed by atoms with Gasteiger partial charge >= 0.3 is 0 Å². The van der Waals surface area contributed by atoms with Crippen LogP contribution in [0.4, 0.5) is 0 Å². The van der Waals surface area contributed by atoms with Crippen molar-refractivity contribution in [2.24, 2.45) is 0 Å². The van der Waals surface area contributed by atoms with E-state index in [0.717, 1.165) is 0 Å². The van der Waals surface area contributed by atoms with E-state index in [4.69, 9.17) is 0 Å². The molecule has 3 nitrogen and oxygen atoms in total. The van der Waals surface area contributed by atoms with Gasteiger partial charge in [-0.25, -0.2) is 0 Å². The predicted octanol–water partition coefficient (Wildman–Crippen LogP) is 4.34. The summed E-state index contributed by atoms with van der Waals surface area (Å²) in [7, 11) is 0. The zero-order chi connectivity index (χ0) is 17.0. The van der Waals surface area contributed by atoms with Crippen molar-refractivity contribution in [3.63, 3.8) is 0 Å². The summed E-state index contributed by atoms with van der Waals surface area (Å²) in [5, 5.41) is 0. The quantitative estimate of drug-likeness (QED) is 0.767. The summed E-state index contributed by atoms with van der Waals surface area (Å²) in [4.78, 5) is 8.02. The monoisotopic (exact) mass is 297 g/mol.